The van der Waals surface area contributed by atoms with Crippen LogP contribution >= 0.6 is 11.6 Å². The van der Waals surface area contributed by atoms with Gasteiger partial charge in [-0.1, -0.05) is 57.0 Å². The van der Waals surface area contributed by atoms with E-state index in [0.29, 0.717) is 5.41 Å². The molecule has 0 bridgehead atoms. The fourth-order valence-electron chi connectivity index (χ4n) is 3.18. The molecule has 0 unspecified atom stereocenters. The molecule has 0 aromatic heterocycles. The van der Waals surface area contributed by atoms with Gasteiger partial charge in [-0.05, 0) is 61.0 Å². The summed E-state index contributed by atoms with van der Waals surface area (Å²) in [5.74, 6) is 0. The monoisotopic (exact) mass is 305 g/mol. The van der Waals surface area contributed by atoms with E-state index in [0.717, 1.165) is 24.7 Å². The van der Waals surface area contributed by atoms with Crippen LogP contribution in [0.15, 0.2) is 29.8 Å². The Hall–Kier alpha value is -0.790. The highest BCUT2D eigenvalue weighted by Gasteiger charge is 2.28. The van der Waals surface area contributed by atoms with Gasteiger partial charge in [-0.2, -0.15) is 0 Å². The Morgan fingerprint density at radius 1 is 1.10 bits per heavy atom. The van der Waals surface area contributed by atoms with Crippen LogP contribution in [-0.2, 0) is 0 Å². The van der Waals surface area contributed by atoms with E-state index in [2.05, 4.69) is 44.7 Å². The summed E-state index contributed by atoms with van der Waals surface area (Å²) in [5, 5.41) is 0.819. The summed E-state index contributed by atoms with van der Waals surface area (Å²) < 4.78 is 0. The molecule has 1 nitrogen and oxygen atoms in total. The Morgan fingerprint density at radius 2 is 1.71 bits per heavy atom. The molecule has 0 fully saturated rings. The molecule has 0 aliphatic heterocycles. The lowest BCUT2D eigenvalue weighted by Crippen LogP contribution is -2.28. The summed E-state index contributed by atoms with van der Waals surface area (Å²) in [7, 11) is 0. The number of hydrogen-bond acceptors (Lipinski definition) is 1. The second-order valence-corrected chi connectivity index (χ2v) is 7.33. The number of benzene rings is 1. The van der Waals surface area contributed by atoms with Crippen molar-refractivity contribution in [3.05, 3.63) is 40.4 Å². The van der Waals surface area contributed by atoms with Crippen LogP contribution in [0.3, 0.4) is 0 Å². The topological polar surface area (TPSA) is 3.24 Å². The zero-order valence-electron chi connectivity index (χ0n) is 13.9. The fraction of sp³-hybridized carbons (Fsp3) is 0.579. The molecule has 1 aliphatic rings. The number of allylic oxidation sites excluding steroid dienone is 1. The van der Waals surface area contributed by atoms with Crippen LogP contribution in [0.5, 0.6) is 0 Å². The highest BCUT2D eigenvalue weighted by Crippen LogP contribution is 2.43. The van der Waals surface area contributed by atoms with Gasteiger partial charge in [0, 0.05) is 11.6 Å². The van der Waals surface area contributed by atoms with Crippen LogP contribution in [0, 0.1) is 5.41 Å². The quantitative estimate of drug-likeness (QED) is 0.680. The summed E-state index contributed by atoms with van der Waals surface area (Å²) >= 11 is 6.05. The van der Waals surface area contributed by atoms with Crippen LogP contribution in [0.25, 0.3) is 5.57 Å². The molecule has 0 atom stereocenters. The minimum Gasteiger partial charge on any atom is -0.300 e. The Bertz CT molecular complexity index is 495. The van der Waals surface area contributed by atoms with Gasteiger partial charge in [-0.25, -0.2) is 0 Å². The Labute approximate surface area is 135 Å². The van der Waals surface area contributed by atoms with Crippen molar-refractivity contribution >= 4 is 17.2 Å². The number of nitrogens with zero attached hydrogens (tertiary/aromatic N) is 1. The molecule has 0 heterocycles. The van der Waals surface area contributed by atoms with Gasteiger partial charge in [-0.3, -0.25) is 4.90 Å². The van der Waals surface area contributed by atoms with Crippen molar-refractivity contribution in [2.75, 3.05) is 19.6 Å². The first-order valence-electron chi connectivity index (χ1n) is 8.14. The van der Waals surface area contributed by atoms with Crippen molar-refractivity contribution in [1.82, 2.24) is 4.90 Å². The van der Waals surface area contributed by atoms with Gasteiger partial charge < -0.3 is 0 Å². The third-order valence-corrected chi connectivity index (χ3v) is 4.94. The molecule has 0 amide bonds. The van der Waals surface area contributed by atoms with E-state index in [1.807, 2.05) is 12.1 Å². The molecule has 0 radical (unpaired) electrons. The Morgan fingerprint density at radius 3 is 2.29 bits per heavy atom. The maximum atomic E-state index is 6.05. The van der Waals surface area contributed by atoms with Crippen molar-refractivity contribution in [2.24, 2.45) is 5.41 Å². The van der Waals surface area contributed by atoms with Crippen LogP contribution < -0.4 is 0 Å². The van der Waals surface area contributed by atoms with Gasteiger partial charge in [0.05, 0.1) is 0 Å². The lowest BCUT2D eigenvalue weighted by atomic mass is 9.72. The molecule has 1 aromatic rings. The zero-order chi connectivity index (χ0) is 15.5. The first kappa shape index (κ1) is 16.6. The Balaban J connectivity index is 2.35. The second-order valence-electron chi connectivity index (χ2n) is 6.89. The van der Waals surface area contributed by atoms with Crippen LogP contribution in [0.4, 0.5) is 0 Å². The van der Waals surface area contributed by atoms with E-state index in [1.165, 1.54) is 24.8 Å². The molecule has 0 N–H and O–H groups in total. The minimum atomic E-state index is 0.404. The van der Waals surface area contributed by atoms with Crippen LogP contribution in [0.2, 0.25) is 5.02 Å². The summed E-state index contributed by atoms with van der Waals surface area (Å²) in [4.78, 5) is 2.52. The minimum absolute atomic E-state index is 0.404. The first-order valence-corrected chi connectivity index (χ1v) is 8.52. The highest BCUT2D eigenvalue weighted by molar-refractivity contribution is 6.30. The summed E-state index contributed by atoms with van der Waals surface area (Å²) in [6, 6.07) is 8.39. The summed E-state index contributed by atoms with van der Waals surface area (Å²) in [6.45, 7) is 12.6. The number of rotatable bonds is 5. The molecular formula is C19H28ClN. The molecule has 1 aromatic carbocycles. The van der Waals surface area contributed by atoms with Crippen molar-refractivity contribution < 1.29 is 0 Å². The van der Waals surface area contributed by atoms with Gasteiger partial charge in [0.1, 0.15) is 0 Å². The van der Waals surface area contributed by atoms with E-state index < -0.39 is 0 Å². The Kier molecular flexibility index (Phi) is 5.51. The van der Waals surface area contributed by atoms with Gasteiger partial charge in [-0.15, -0.1) is 0 Å². The van der Waals surface area contributed by atoms with Gasteiger partial charge in [0.15, 0.2) is 0 Å². The average molecular weight is 306 g/mol. The van der Waals surface area contributed by atoms with Crippen LogP contribution in [-0.4, -0.2) is 24.5 Å². The van der Waals surface area contributed by atoms with Crippen molar-refractivity contribution in [3.8, 4) is 0 Å². The highest BCUT2D eigenvalue weighted by atomic mass is 35.5. The van der Waals surface area contributed by atoms with Crippen molar-refractivity contribution in [3.63, 3.8) is 0 Å². The molecule has 2 heteroatoms. The molecule has 1 aliphatic carbocycles. The average Bonchev–Trinajstić information content (AvgIpc) is 2.46. The number of halogens is 1. The third-order valence-electron chi connectivity index (χ3n) is 4.69. The predicted octanol–water partition coefficient (Wildman–Crippen LogP) is 5.65. The lowest BCUT2D eigenvalue weighted by Gasteiger charge is -2.35. The standard InChI is InChI=1S/C19H28ClN/c1-5-21(6-2)14-16-11-12-19(3,4)13-18(16)15-7-9-17(20)10-8-15/h7-10H,5-6,11-14H2,1-4H3. The van der Waals surface area contributed by atoms with Crippen LogP contribution in [0.1, 0.15) is 52.5 Å². The third kappa shape index (κ3) is 4.34. The normalized spacial score (nSPS) is 18.4. The SMILES string of the molecule is CCN(CC)CC1=C(c2ccc(Cl)cc2)CC(C)(C)CC1. The maximum absolute atomic E-state index is 6.05. The molecule has 116 valence electrons. The van der Waals surface area contributed by atoms with Gasteiger partial charge in [0.25, 0.3) is 0 Å². The van der Waals surface area contributed by atoms with E-state index in [-0.39, 0.29) is 0 Å². The van der Waals surface area contributed by atoms with E-state index in [4.69, 9.17) is 11.6 Å². The smallest absolute Gasteiger partial charge is 0.0406 e. The number of hydrogen-bond donors (Lipinski definition) is 0. The molecule has 0 spiro atoms. The molecular weight excluding hydrogens is 278 g/mol. The molecule has 21 heavy (non-hydrogen) atoms. The van der Waals surface area contributed by atoms with Crippen molar-refractivity contribution in [2.45, 2.75) is 47.0 Å². The zero-order valence-corrected chi connectivity index (χ0v) is 14.6. The fourth-order valence-corrected chi connectivity index (χ4v) is 3.31. The first-order chi connectivity index (χ1) is 9.95. The van der Waals surface area contributed by atoms with E-state index >= 15 is 0 Å². The van der Waals surface area contributed by atoms with Gasteiger partial charge >= 0.3 is 0 Å². The molecule has 0 saturated carbocycles. The van der Waals surface area contributed by atoms with Crippen molar-refractivity contribution in [1.29, 1.82) is 0 Å². The number of likely N-dealkylation sites (N-methyl/N-ethyl adjacent to an activating group) is 1. The van der Waals surface area contributed by atoms with E-state index in [9.17, 15) is 0 Å². The lowest BCUT2D eigenvalue weighted by molar-refractivity contribution is 0.297. The second kappa shape index (κ2) is 6.98. The summed E-state index contributed by atoms with van der Waals surface area (Å²) in [5.41, 5.74) is 4.94. The summed E-state index contributed by atoms with van der Waals surface area (Å²) in [6.07, 6.45) is 3.69. The molecule has 2 rings (SSSR count). The van der Waals surface area contributed by atoms with E-state index in [1.54, 1.807) is 11.1 Å². The molecule has 0 saturated heterocycles. The van der Waals surface area contributed by atoms with Gasteiger partial charge in [0.2, 0.25) is 0 Å². The largest absolute Gasteiger partial charge is 0.300 e. The maximum Gasteiger partial charge on any atom is 0.0406 e. The predicted molar refractivity (Wildman–Crippen MR) is 93.8 cm³/mol.